The Morgan fingerprint density at radius 3 is 3.14 bits per heavy atom. The predicted molar refractivity (Wildman–Crippen MR) is 86.1 cm³/mol. The Morgan fingerprint density at radius 1 is 1.59 bits per heavy atom. The molecule has 1 aliphatic rings. The zero-order chi connectivity index (χ0) is 15.5. The van der Waals surface area contributed by atoms with E-state index in [1.807, 2.05) is 30.9 Å². The van der Waals surface area contributed by atoms with Crippen molar-refractivity contribution in [2.24, 2.45) is 0 Å². The van der Waals surface area contributed by atoms with Crippen LogP contribution in [-0.2, 0) is 0 Å². The molecular formula is C15H21N5OS. The number of carbonyl (C=O) groups excluding carboxylic acids is 1. The van der Waals surface area contributed by atoms with E-state index in [-0.39, 0.29) is 11.9 Å². The number of rotatable bonds is 4. The van der Waals surface area contributed by atoms with Crippen LogP contribution in [0.3, 0.4) is 0 Å². The van der Waals surface area contributed by atoms with Gasteiger partial charge in [0.25, 0.3) is 5.91 Å². The Kier molecular flexibility index (Phi) is 4.54. The molecule has 7 heteroatoms. The molecule has 3 rings (SSSR count). The number of hydrogen-bond acceptors (Lipinski definition) is 5. The lowest BCUT2D eigenvalue weighted by Crippen LogP contribution is -2.32. The van der Waals surface area contributed by atoms with Crippen LogP contribution in [0, 0.1) is 6.92 Å². The summed E-state index contributed by atoms with van der Waals surface area (Å²) >= 11 is 1.60. The van der Waals surface area contributed by atoms with E-state index in [0.29, 0.717) is 11.7 Å². The number of piperidine rings is 1. The standard InChI is InChI=1S/C15H21N5OS/c1-10-8-17-15(22-10)11(2)18-14(21)13-5-7-20(19-13)12-4-3-6-16-9-12/h5,7-8,11-12,16H,3-4,6,9H2,1-2H3,(H,18,21). The van der Waals surface area contributed by atoms with Crippen LogP contribution in [0.25, 0.3) is 0 Å². The lowest BCUT2D eigenvalue weighted by molar-refractivity contribution is 0.0933. The van der Waals surface area contributed by atoms with Crippen LogP contribution in [0.1, 0.15) is 52.2 Å². The molecule has 2 aromatic heterocycles. The molecule has 1 aliphatic heterocycles. The Labute approximate surface area is 133 Å². The van der Waals surface area contributed by atoms with E-state index in [4.69, 9.17) is 0 Å². The molecule has 1 fully saturated rings. The molecule has 2 atom stereocenters. The van der Waals surface area contributed by atoms with Gasteiger partial charge in [0, 0.05) is 23.8 Å². The molecule has 2 aromatic rings. The maximum Gasteiger partial charge on any atom is 0.272 e. The van der Waals surface area contributed by atoms with Crippen molar-refractivity contribution in [1.82, 2.24) is 25.4 Å². The van der Waals surface area contributed by atoms with Crippen molar-refractivity contribution in [3.8, 4) is 0 Å². The second-order valence-electron chi connectivity index (χ2n) is 5.69. The molecule has 2 N–H and O–H groups in total. The minimum Gasteiger partial charge on any atom is -0.342 e. The summed E-state index contributed by atoms with van der Waals surface area (Å²) in [6.07, 6.45) is 5.97. The first kappa shape index (κ1) is 15.2. The van der Waals surface area contributed by atoms with E-state index >= 15 is 0 Å². The molecule has 0 saturated carbocycles. The Balaban J connectivity index is 1.63. The van der Waals surface area contributed by atoms with Crippen molar-refractivity contribution in [2.45, 2.75) is 38.8 Å². The molecule has 22 heavy (non-hydrogen) atoms. The summed E-state index contributed by atoms with van der Waals surface area (Å²) in [5.41, 5.74) is 0.464. The van der Waals surface area contributed by atoms with Crippen molar-refractivity contribution < 1.29 is 4.79 Å². The average molecular weight is 319 g/mol. The lowest BCUT2D eigenvalue weighted by atomic mass is 10.1. The zero-order valence-electron chi connectivity index (χ0n) is 12.9. The minimum absolute atomic E-state index is 0.104. The zero-order valence-corrected chi connectivity index (χ0v) is 13.7. The summed E-state index contributed by atoms with van der Waals surface area (Å²) in [5.74, 6) is -0.150. The Morgan fingerprint density at radius 2 is 2.45 bits per heavy atom. The van der Waals surface area contributed by atoms with Crippen molar-refractivity contribution in [3.63, 3.8) is 0 Å². The van der Waals surface area contributed by atoms with E-state index in [9.17, 15) is 4.79 Å². The quantitative estimate of drug-likeness (QED) is 0.905. The van der Waals surface area contributed by atoms with Crippen molar-refractivity contribution >= 4 is 17.2 Å². The summed E-state index contributed by atoms with van der Waals surface area (Å²) in [7, 11) is 0. The number of carbonyl (C=O) groups is 1. The molecule has 1 amide bonds. The van der Waals surface area contributed by atoms with Gasteiger partial charge in [0.2, 0.25) is 0 Å². The highest BCUT2D eigenvalue weighted by Crippen LogP contribution is 2.20. The van der Waals surface area contributed by atoms with Gasteiger partial charge in [-0.25, -0.2) is 4.98 Å². The molecule has 0 radical (unpaired) electrons. The van der Waals surface area contributed by atoms with Gasteiger partial charge in [-0.3, -0.25) is 9.48 Å². The summed E-state index contributed by atoms with van der Waals surface area (Å²) < 4.78 is 1.90. The van der Waals surface area contributed by atoms with Crippen molar-refractivity contribution in [1.29, 1.82) is 0 Å². The molecule has 1 saturated heterocycles. The summed E-state index contributed by atoms with van der Waals surface area (Å²) in [6.45, 7) is 5.93. The highest BCUT2D eigenvalue weighted by molar-refractivity contribution is 7.11. The minimum atomic E-state index is -0.150. The monoisotopic (exact) mass is 319 g/mol. The first-order chi connectivity index (χ1) is 10.6. The number of amides is 1. The van der Waals surface area contributed by atoms with Crippen LogP contribution in [-0.4, -0.2) is 33.8 Å². The third kappa shape index (κ3) is 3.36. The smallest absolute Gasteiger partial charge is 0.272 e. The van der Waals surface area contributed by atoms with Crippen LogP contribution < -0.4 is 10.6 Å². The number of aromatic nitrogens is 3. The van der Waals surface area contributed by atoms with Crippen LogP contribution in [0.15, 0.2) is 18.5 Å². The van der Waals surface area contributed by atoms with Gasteiger partial charge < -0.3 is 10.6 Å². The van der Waals surface area contributed by atoms with Crippen LogP contribution >= 0.6 is 11.3 Å². The average Bonchev–Trinajstić information content (AvgIpc) is 3.17. The van der Waals surface area contributed by atoms with E-state index < -0.39 is 0 Å². The molecule has 0 spiro atoms. The maximum absolute atomic E-state index is 12.3. The molecule has 0 bridgehead atoms. The van der Waals surface area contributed by atoms with Crippen molar-refractivity contribution in [3.05, 3.63) is 34.0 Å². The number of aryl methyl sites for hydroxylation is 1. The fraction of sp³-hybridized carbons (Fsp3) is 0.533. The first-order valence-corrected chi connectivity index (χ1v) is 8.44. The number of hydrogen-bond donors (Lipinski definition) is 2. The van der Waals surface area contributed by atoms with Gasteiger partial charge in [0.05, 0.1) is 12.1 Å². The largest absolute Gasteiger partial charge is 0.342 e. The third-order valence-corrected chi connectivity index (χ3v) is 4.94. The molecule has 0 aliphatic carbocycles. The SMILES string of the molecule is Cc1cnc(C(C)NC(=O)c2ccn(C3CCCNC3)n2)s1. The summed E-state index contributed by atoms with van der Waals surface area (Å²) in [5, 5.41) is 11.7. The van der Waals surface area contributed by atoms with E-state index in [0.717, 1.165) is 35.8 Å². The molecule has 0 aromatic carbocycles. The molecular weight excluding hydrogens is 298 g/mol. The topological polar surface area (TPSA) is 71.8 Å². The van der Waals surface area contributed by atoms with Gasteiger partial charge in [0.1, 0.15) is 10.7 Å². The van der Waals surface area contributed by atoms with Gasteiger partial charge in [-0.05, 0) is 39.3 Å². The first-order valence-electron chi connectivity index (χ1n) is 7.62. The third-order valence-electron chi connectivity index (χ3n) is 3.84. The Bertz CT molecular complexity index is 644. The molecule has 118 valence electrons. The van der Waals surface area contributed by atoms with Crippen molar-refractivity contribution in [2.75, 3.05) is 13.1 Å². The maximum atomic E-state index is 12.3. The molecule has 2 unspecified atom stereocenters. The highest BCUT2D eigenvalue weighted by atomic mass is 32.1. The van der Waals surface area contributed by atoms with Crippen LogP contribution in [0.2, 0.25) is 0 Å². The fourth-order valence-electron chi connectivity index (χ4n) is 2.63. The second kappa shape index (κ2) is 6.58. The molecule has 6 nitrogen and oxygen atoms in total. The van der Waals surface area contributed by atoms with E-state index in [1.54, 1.807) is 17.4 Å². The van der Waals surface area contributed by atoms with Gasteiger partial charge >= 0.3 is 0 Å². The summed E-state index contributed by atoms with van der Waals surface area (Å²) in [6, 6.07) is 2.02. The summed E-state index contributed by atoms with van der Waals surface area (Å²) in [4.78, 5) is 17.8. The van der Waals surface area contributed by atoms with E-state index in [2.05, 4.69) is 20.7 Å². The van der Waals surface area contributed by atoms with Gasteiger partial charge in [-0.2, -0.15) is 5.10 Å². The van der Waals surface area contributed by atoms with Crippen LogP contribution in [0.5, 0.6) is 0 Å². The lowest BCUT2D eigenvalue weighted by Gasteiger charge is -2.22. The Hall–Kier alpha value is -1.73. The predicted octanol–water partition coefficient (Wildman–Crippen LogP) is 2.06. The molecule has 3 heterocycles. The van der Waals surface area contributed by atoms with Crippen LogP contribution in [0.4, 0.5) is 0 Å². The normalized spacial score (nSPS) is 19.8. The number of thiazole rings is 1. The van der Waals surface area contributed by atoms with Gasteiger partial charge in [-0.1, -0.05) is 0 Å². The number of nitrogens with one attached hydrogen (secondary N) is 2. The highest BCUT2D eigenvalue weighted by Gasteiger charge is 2.19. The van der Waals surface area contributed by atoms with Gasteiger partial charge in [-0.15, -0.1) is 11.3 Å². The number of nitrogens with zero attached hydrogens (tertiary/aromatic N) is 3. The second-order valence-corrected chi connectivity index (χ2v) is 6.95. The van der Waals surface area contributed by atoms with Gasteiger partial charge in [0.15, 0.2) is 0 Å². The fourth-order valence-corrected chi connectivity index (χ4v) is 3.40. The van der Waals surface area contributed by atoms with E-state index in [1.165, 1.54) is 0 Å².